The Morgan fingerprint density at radius 1 is 1.14 bits per heavy atom. The number of rotatable bonds is 4. The molecule has 0 bridgehead atoms. The Labute approximate surface area is 200 Å². The zero-order valence-corrected chi connectivity index (χ0v) is 19.5. The number of anilines is 3. The minimum absolute atomic E-state index is 0.0380. The number of hydrogen-bond donors (Lipinski definition) is 2. The molecule has 5 rings (SSSR count). The van der Waals surface area contributed by atoms with Crippen molar-refractivity contribution in [2.24, 2.45) is 0 Å². The second-order valence-corrected chi connectivity index (χ2v) is 9.07. The number of fused-ring (bicyclic) bond motifs is 3. The lowest BCUT2D eigenvalue weighted by atomic mass is 10.0. The van der Waals surface area contributed by atoms with Gasteiger partial charge in [0, 0.05) is 23.3 Å². The van der Waals surface area contributed by atoms with E-state index in [2.05, 4.69) is 10.3 Å². The van der Waals surface area contributed by atoms with Gasteiger partial charge in [-0.2, -0.15) is 13.2 Å². The highest BCUT2D eigenvalue weighted by molar-refractivity contribution is 6.02. The molecule has 1 saturated heterocycles. The van der Waals surface area contributed by atoms with Gasteiger partial charge in [0.05, 0.1) is 23.7 Å². The number of halogens is 3. The van der Waals surface area contributed by atoms with Crippen LogP contribution >= 0.6 is 0 Å². The molecule has 184 valence electrons. The second kappa shape index (κ2) is 8.67. The van der Waals surface area contributed by atoms with Gasteiger partial charge in [-0.25, -0.2) is 9.97 Å². The standard InChI is InChI=1S/C25H26F3N5O2/c1-13(15-8-16(25(26,27)28)10-17(29)9-15)30-24-20-11-21(33-6-7-35-12-22(33)34)18-4-3-5-19(18)23(20)31-14(2)32-24/h8-11,13H,3-7,12,29H2,1-2H3,(H,30,31,32). The quantitative estimate of drug-likeness (QED) is 0.526. The van der Waals surface area contributed by atoms with Crippen LogP contribution in [0.3, 0.4) is 0 Å². The van der Waals surface area contributed by atoms with Crippen LogP contribution in [0.15, 0.2) is 24.3 Å². The molecule has 2 aromatic carbocycles. The summed E-state index contributed by atoms with van der Waals surface area (Å²) in [6.07, 6.45) is -1.83. The van der Waals surface area contributed by atoms with Crippen molar-refractivity contribution in [3.8, 4) is 0 Å². The molecule has 1 aromatic heterocycles. The molecule has 1 atom stereocenters. The van der Waals surface area contributed by atoms with Crippen molar-refractivity contribution in [1.29, 1.82) is 0 Å². The fourth-order valence-corrected chi connectivity index (χ4v) is 4.96. The predicted molar refractivity (Wildman–Crippen MR) is 127 cm³/mol. The molecule has 1 aliphatic carbocycles. The number of aromatic nitrogens is 2. The van der Waals surface area contributed by atoms with Gasteiger partial charge >= 0.3 is 6.18 Å². The van der Waals surface area contributed by atoms with Crippen molar-refractivity contribution in [2.75, 3.05) is 35.7 Å². The Balaban J connectivity index is 1.60. The van der Waals surface area contributed by atoms with Crippen LogP contribution in [0.1, 0.15) is 47.5 Å². The topological polar surface area (TPSA) is 93.4 Å². The fourth-order valence-electron chi connectivity index (χ4n) is 4.96. The number of alkyl halides is 3. The molecule has 35 heavy (non-hydrogen) atoms. The van der Waals surface area contributed by atoms with Crippen LogP contribution in [0.25, 0.3) is 10.9 Å². The Morgan fingerprint density at radius 3 is 2.66 bits per heavy atom. The number of nitrogens with two attached hydrogens (primary N) is 1. The molecular formula is C25H26F3N5O2. The molecule has 1 unspecified atom stereocenters. The Bertz CT molecular complexity index is 1320. The number of nitrogens with one attached hydrogen (secondary N) is 1. The number of carbonyl (C=O) groups excluding carboxylic acids is 1. The number of nitrogens with zero attached hydrogens (tertiary/aromatic N) is 3. The van der Waals surface area contributed by atoms with E-state index in [1.165, 1.54) is 6.07 Å². The van der Waals surface area contributed by atoms with Crippen molar-refractivity contribution in [2.45, 2.75) is 45.3 Å². The van der Waals surface area contributed by atoms with Crippen LogP contribution in [0, 0.1) is 6.92 Å². The number of hydrogen-bond acceptors (Lipinski definition) is 6. The molecule has 0 saturated carbocycles. The molecule has 10 heteroatoms. The Hall–Kier alpha value is -3.40. The van der Waals surface area contributed by atoms with Crippen LogP contribution in [-0.2, 0) is 28.5 Å². The molecule has 0 spiro atoms. The largest absolute Gasteiger partial charge is 0.416 e. The number of aryl methyl sites for hydroxylation is 2. The van der Waals surface area contributed by atoms with Gasteiger partial charge in [0.1, 0.15) is 18.2 Å². The number of amides is 1. The molecular weight excluding hydrogens is 459 g/mol. The van der Waals surface area contributed by atoms with Crippen LogP contribution in [0.4, 0.5) is 30.4 Å². The first-order valence-electron chi connectivity index (χ1n) is 11.6. The Kier molecular flexibility index (Phi) is 5.79. The zero-order chi connectivity index (χ0) is 24.9. The van der Waals surface area contributed by atoms with Gasteiger partial charge in [-0.05, 0) is 74.1 Å². The molecule has 7 nitrogen and oxygen atoms in total. The number of morpholine rings is 1. The summed E-state index contributed by atoms with van der Waals surface area (Å²) in [6.45, 7) is 4.51. The van der Waals surface area contributed by atoms with Gasteiger partial charge in [0.25, 0.3) is 5.91 Å². The molecule has 2 aliphatic rings. The number of ether oxygens (including phenoxy) is 1. The van der Waals surface area contributed by atoms with Crippen molar-refractivity contribution in [3.63, 3.8) is 0 Å². The van der Waals surface area contributed by atoms with Gasteiger partial charge in [-0.15, -0.1) is 0 Å². The third-order valence-electron chi connectivity index (χ3n) is 6.59. The lowest BCUT2D eigenvalue weighted by Gasteiger charge is -2.29. The molecule has 1 fully saturated rings. The van der Waals surface area contributed by atoms with Crippen LogP contribution < -0.4 is 16.0 Å². The highest BCUT2D eigenvalue weighted by atomic mass is 19.4. The summed E-state index contributed by atoms with van der Waals surface area (Å²) in [5.41, 5.74) is 9.29. The summed E-state index contributed by atoms with van der Waals surface area (Å²) < 4.78 is 45.3. The van der Waals surface area contributed by atoms with E-state index >= 15 is 0 Å². The van der Waals surface area contributed by atoms with E-state index in [9.17, 15) is 18.0 Å². The number of nitrogen functional groups attached to an aromatic ring is 1. The van der Waals surface area contributed by atoms with Gasteiger partial charge in [-0.1, -0.05) is 0 Å². The predicted octanol–water partition coefficient (Wildman–Crippen LogP) is 4.56. The van der Waals surface area contributed by atoms with Gasteiger partial charge < -0.3 is 20.7 Å². The summed E-state index contributed by atoms with van der Waals surface area (Å²) in [4.78, 5) is 23.7. The van der Waals surface area contributed by atoms with E-state index in [4.69, 9.17) is 15.5 Å². The maximum absolute atomic E-state index is 13.3. The summed E-state index contributed by atoms with van der Waals surface area (Å²) in [7, 11) is 0. The minimum atomic E-state index is -4.50. The van der Waals surface area contributed by atoms with Gasteiger partial charge in [0.2, 0.25) is 0 Å². The number of benzene rings is 2. The molecule has 1 amide bonds. The van der Waals surface area contributed by atoms with E-state index in [1.807, 2.05) is 6.07 Å². The van der Waals surface area contributed by atoms with E-state index < -0.39 is 17.8 Å². The van der Waals surface area contributed by atoms with Crippen LogP contribution in [0.2, 0.25) is 0 Å². The summed E-state index contributed by atoms with van der Waals surface area (Å²) in [5.74, 6) is 0.966. The average molecular weight is 486 g/mol. The first kappa shape index (κ1) is 23.3. The van der Waals surface area contributed by atoms with E-state index in [1.54, 1.807) is 18.7 Å². The van der Waals surface area contributed by atoms with E-state index in [0.29, 0.717) is 30.4 Å². The third-order valence-corrected chi connectivity index (χ3v) is 6.59. The monoisotopic (exact) mass is 485 g/mol. The zero-order valence-electron chi connectivity index (χ0n) is 19.5. The lowest BCUT2D eigenvalue weighted by molar-refractivity contribution is -0.137. The Morgan fingerprint density at radius 2 is 1.91 bits per heavy atom. The molecule has 2 heterocycles. The first-order chi connectivity index (χ1) is 16.6. The maximum Gasteiger partial charge on any atom is 0.416 e. The van der Waals surface area contributed by atoms with Gasteiger partial charge in [0.15, 0.2) is 0 Å². The van der Waals surface area contributed by atoms with Crippen LogP contribution in [0.5, 0.6) is 0 Å². The summed E-state index contributed by atoms with van der Waals surface area (Å²) in [5, 5.41) is 4.01. The van der Waals surface area contributed by atoms with Gasteiger partial charge in [-0.3, -0.25) is 4.79 Å². The molecule has 3 N–H and O–H groups in total. The molecule has 0 radical (unpaired) electrons. The first-order valence-corrected chi connectivity index (χ1v) is 11.6. The summed E-state index contributed by atoms with van der Waals surface area (Å²) in [6, 6.07) is 4.96. The normalized spacial score (nSPS) is 17.1. The third kappa shape index (κ3) is 4.38. The minimum Gasteiger partial charge on any atom is -0.399 e. The second-order valence-electron chi connectivity index (χ2n) is 9.07. The van der Waals surface area contributed by atoms with Crippen molar-refractivity contribution >= 4 is 34.0 Å². The van der Waals surface area contributed by atoms with E-state index in [-0.39, 0.29) is 18.2 Å². The summed E-state index contributed by atoms with van der Waals surface area (Å²) >= 11 is 0. The van der Waals surface area contributed by atoms with Crippen molar-refractivity contribution in [3.05, 3.63) is 52.3 Å². The number of carbonyl (C=O) groups is 1. The fraction of sp³-hybridized carbons (Fsp3) is 0.400. The highest BCUT2D eigenvalue weighted by Gasteiger charge is 2.32. The van der Waals surface area contributed by atoms with Crippen molar-refractivity contribution < 1.29 is 22.7 Å². The lowest BCUT2D eigenvalue weighted by Crippen LogP contribution is -2.42. The van der Waals surface area contributed by atoms with E-state index in [0.717, 1.165) is 59.1 Å². The SMILES string of the molecule is Cc1nc(NC(C)c2cc(N)cc(C(F)(F)F)c2)c2cc(N3CCOCC3=O)c3c(c2n1)CCC3. The molecule has 3 aromatic rings. The highest BCUT2D eigenvalue weighted by Crippen LogP contribution is 2.40. The smallest absolute Gasteiger partial charge is 0.399 e. The van der Waals surface area contributed by atoms with Crippen LogP contribution in [-0.4, -0.2) is 35.6 Å². The maximum atomic E-state index is 13.3. The molecule has 1 aliphatic heterocycles. The van der Waals surface area contributed by atoms with Crippen molar-refractivity contribution in [1.82, 2.24) is 9.97 Å². The average Bonchev–Trinajstić information content (AvgIpc) is 3.29.